The molecule has 1 N–H and O–H groups in total. The number of nitrogens with one attached hydrogen (secondary N) is 1. The number of aromatic nitrogens is 2. The van der Waals surface area contributed by atoms with Crippen molar-refractivity contribution < 1.29 is 4.74 Å². The Balaban J connectivity index is 1.65. The Morgan fingerprint density at radius 3 is 2.78 bits per heavy atom. The predicted molar refractivity (Wildman–Crippen MR) is 91.7 cm³/mol. The van der Waals surface area contributed by atoms with Gasteiger partial charge in [0, 0.05) is 69.3 Å². The largest absolute Gasteiger partial charge is 0.381 e. The highest BCUT2D eigenvalue weighted by atomic mass is 16.5. The van der Waals surface area contributed by atoms with Crippen LogP contribution in [-0.4, -0.2) is 66.2 Å². The van der Waals surface area contributed by atoms with Crippen LogP contribution in [0.4, 0.5) is 0 Å². The van der Waals surface area contributed by atoms with Crippen LogP contribution in [-0.2, 0) is 11.3 Å². The molecular weight excluding hydrogens is 288 g/mol. The first-order valence-electron chi connectivity index (χ1n) is 8.75. The monoisotopic (exact) mass is 314 g/mol. The number of likely N-dealkylation sites (N-methyl/N-ethyl adjacent to an activating group) is 1. The number of ether oxygens (including phenoxy) is 1. The zero-order valence-electron chi connectivity index (χ0n) is 13.9. The van der Waals surface area contributed by atoms with Crippen LogP contribution in [0.5, 0.6) is 0 Å². The molecule has 2 aliphatic rings. The summed E-state index contributed by atoms with van der Waals surface area (Å²) in [5.74, 6) is 0.584. The summed E-state index contributed by atoms with van der Waals surface area (Å²) in [6.07, 6.45) is 4.14. The number of piperazine rings is 1. The number of fused-ring (bicyclic) bond motifs is 1. The molecule has 2 aliphatic heterocycles. The molecule has 0 atom stereocenters. The Labute approximate surface area is 137 Å². The van der Waals surface area contributed by atoms with E-state index in [1.807, 2.05) is 12.3 Å². The second kappa shape index (κ2) is 6.59. The predicted octanol–water partition coefficient (Wildman–Crippen LogP) is 2.20. The molecule has 0 aliphatic carbocycles. The topological polar surface area (TPSA) is 44.4 Å². The molecule has 5 nitrogen and oxygen atoms in total. The summed E-state index contributed by atoms with van der Waals surface area (Å²) in [5, 5.41) is 0. The van der Waals surface area contributed by atoms with E-state index in [4.69, 9.17) is 4.74 Å². The van der Waals surface area contributed by atoms with Gasteiger partial charge in [-0.15, -0.1) is 0 Å². The standard InChI is InChI=1S/C18H26N4O/c1-21-7-9-22(10-8-21)13-15-17(14-4-11-23-12-5-14)20-16-3-2-6-19-18(15)16/h2-3,6,14,20H,4-5,7-13H2,1H3. The molecule has 2 aromatic rings. The van der Waals surface area contributed by atoms with E-state index in [1.165, 1.54) is 16.8 Å². The fourth-order valence-electron chi connectivity index (χ4n) is 3.82. The van der Waals surface area contributed by atoms with E-state index in [0.29, 0.717) is 5.92 Å². The highest BCUT2D eigenvalue weighted by Crippen LogP contribution is 2.33. The Hall–Kier alpha value is -1.43. The minimum atomic E-state index is 0.584. The van der Waals surface area contributed by atoms with Crippen LogP contribution in [0.15, 0.2) is 18.3 Å². The number of H-pyrrole nitrogens is 1. The highest BCUT2D eigenvalue weighted by Gasteiger charge is 2.25. The second-order valence-electron chi connectivity index (χ2n) is 6.88. The average Bonchev–Trinajstić information content (AvgIpc) is 2.96. The van der Waals surface area contributed by atoms with Gasteiger partial charge in [-0.1, -0.05) is 0 Å². The van der Waals surface area contributed by atoms with Gasteiger partial charge in [0.05, 0.1) is 11.0 Å². The number of nitrogens with zero attached hydrogens (tertiary/aromatic N) is 3. The van der Waals surface area contributed by atoms with Crippen LogP contribution < -0.4 is 0 Å². The molecule has 0 spiro atoms. The van der Waals surface area contributed by atoms with E-state index in [2.05, 4.69) is 32.9 Å². The Morgan fingerprint density at radius 2 is 2.00 bits per heavy atom. The molecule has 124 valence electrons. The van der Waals surface area contributed by atoms with Gasteiger partial charge in [-0.25, -0.2) is 0 Å². The lowest BCUT2D eigenvalue weighted by Gasteiger charge is -2.33. The maximum Gasteiger partial charge on any atom is 0.0926 e. The van der Waals surface area contributed by atoms with Gasteiger partial charge in [0.1, 0.15) is 0 Å². The van der Waals surface area contributed by atoms with E-state index >= 15 is 0 Å². The molecule has 0 bridgehead atoms. The van der Waals surface area contributed by atoms with Crippen molar-refractivity contribution in [3.8, 4) is 0 Å². The lowest BCUT2D eigenvalue weighted by molar-refractivity contribution is 0.0841. The summed E-state index contributed by atoms with van der Waals surface area (Å²) in [4.78, 5) is 13.3. The van der Waals surface area contributed by atoms with Crippen molar-refractivity contribution in [2.24, 2.45) is 0 Å². The second-order valence-corrected chi connectivity index (χ2v) is 6.88. The fraction of sp³-hybridized carbons (Fsp3) is 0.611. The van der Waals surface area contributed by atoms with E-state index < -0.39 is 0 Å². The molecule has 2 fully saturated rings. The van der Waals surface area contributed by atoms with Crippen molar-refractivity contribution in [1.82, 2.24) is 19.8 Å². The molecular formula is C18H26N4O. The zero-order valence-corrected chi connectivity index (χ0v) is 13.9. The normalized spacial score (nSPS) is 22.0. The molecule has 0 unspecified atom stereocenters. The molecule has 2 saturated heterocycles. The molecule has 23 heavy (non-hydrogen) atoms. The smallest absolute Gasteiger partial charge is 0.0926 e. The van der Waals surface area contributed by atoms with Crippen LogP contribution in [0.3, 0.4) is 0 Å². The van der Waals surface area contributed by atoms with Crippen LogP contribution >= 0.6 is 0 Å². The maximum atomic E-state index is 5.55. The minimum absolute atomic E-state index is 0.584. The van der Waals surface area contributed by atoms with Gasteiger partial charge in [-0.3, -0.25) is 9.88 Å². The number of rotatable bonds is 3. The molecule has 2 aromatic heterocycles. The highest BCUT2D eigenvalue weighted by molar-refractivity contribution is 5.80. The lowest BCUT2D eigenvalue weighted by atomic mass is 9.93. The summed E-state index contributed by atoms with van der Waals surface area (Å²) in [5.41, 5.74) is 5.16. The first-order chi connectivity index (χ1) is 11.3. The Morgan fingerprint density at radius 1 is 1.22 bits per heavy atom. The molecule has 0 aromatic carbocycles. The third-order valence-electron chi connectivity index (χ3n) is 5.30. The van der Waals surface area contributed by atoms with Crippen LogP contribution in [0, 0.1) is 0 Å². The van der Waals surface area contributed by atoms with Crippen molar-refractivity contribution in [2.45, 2.75) is 25.3 Å². The van der Waals surface area contributed by atoms with Gasteiger partial charge in [0.2, 0.25) is 0 Å². The fourth-order valence-corrected chi connectivity index (χ4v) is 3.82. The third kappa shape index (κ3) is 3.13. The lowest BCUT2D eigenvalue weighted by Crippen LogP contribution is -2.44. The van der Waals surface area contributed by atoms with Crippen molar-refractivity contribution in [3.05, 3.63) is 29.6 Å². The van der Waals surface area contributed by atoms with E-state index in [0.717, 1.165) is 64.3 Å². The quantitative estimate of drug-likeness (QED) is 0.943. The van der Waals surface area contributed by atoms with Crippen molar-refractivity contribution in [1.29, 1.82) is 0 Å². The van der Waals surface area contributed by atoms with E-state index in [-0.39, 0.29) is 0 Å². The SMILES string of the molecule is CN1CCN(Cc2c(C3CCOCC3)[nH]c3cccnc23)CC1. The molecule has 4 heterocycles. The Kier molecular flexibility index (Phi) is 4.33. The zero-order chi connectivity index (χ0) is 15.6. The average molecular weight is 314 g/mol. The maximum absolute atomic E-state index is 5.55. The number of hydrogen-bond donors (Lipinski definition) is 1. The molecule has 0 saturated carbocycles. The first kappa shape index (κ1) is 15.1. The molecule has 4 rings (SSSR count). The summed E-state index contributed by atoms with van der Waals surface area (Å²) < 4.78 is 5.55. The van der Waals surface area contributed by atoms with Crippen LogP contribution in [0.1, 0.15) is 30.0 Å². The molecule has 0 amide bonds. The molecule has 0 radical (unpaired) electrons. The molecule has 5 heteroatoms. The van der Waals surface area contributed by atoms with Gasteiger partial charge in [-0.2, -0.15) is 0 Å². The van der Waals surface area contributed by atoms with E-state index in [1.54, 1.807) is 0 Å². The van der Waals surface area contributed by atoms with Crippen LogP contribution in [0.25, 0.3) is 11.0 Å². The van der Waals surface area contributed by atoms with Crippen LogP contribution in [0.2, 0.25) is 0 Å². The summed E-state index contributed by atoms with van der Waals surface area (Å²) >= 11 is 0. The van der Waals surface area contributed by atoms with Crippen molar-refractivity contribution >= 4 is 11.0 Å². The number of pyridine rings is 1. The first-order valence-corrected chi connectivity index (χ1v) is 8.75. The minimum Gasteiger partial charge on any atom is -0.381 e. The van der Waals surface area contributed by atoms with Gasteiger partial charge in [0.15, 0.2) is 0 Å². The number of aromatic amines is 1. The van der Waals surface area contributed by atoms with Crippen molar-refractivity contribution in [2.75, 3.05) is 46.4 Å². The van der Waals surface area contributed by atoms with Crippen molar-refractivity contribution in [3.63, 3.8) is 0 Å². The Bertz CT molecular complexity index is 654. The summed E-state index contributed by atoms with van der Waals surface area (Å²) in [6.45, 7) is 7.36. The van der Waals surface area contributed by atoms with Gasteiger partial charge < -0.3 is 14.6 Å². The third-order valence-corrected chi connectivity index (χ3v) is 5.30. The summed E-state index contributed by atoms with van der Waals surface area (Å²) in [6, 6.07) is 4.17. The number of hydrogen-bond acceptors (Lipinski definition) is 4. The van der Waals surface area contributed by atoms with Gasteiger partial charge in [0.25, 0.3) is 0 Å². The van der Waals surface area contributed by atoms with Gasteiger partial charge in [-0.05, 0) is 32.0 Å². The van der Waals surface area contributed by atoms with Gasteiger partial charge >= 0.3 is 0 Å². The van der Waals surface area contributed by atoms with E-state index in [9.17, 15) is 0 Å². The summed E-state index contributed by atoms with van der Waals surface area (Å²) in [7, 11) is 2.21.